The van der Waals surface area contributed by atoms with E-state index in [1.807, 2.05) is 26.8 Å². The molecule has 0 saturated heterocycles. The van der Waals surface area contributed by atoms with E-state index < -0.39 is 5.97 Å². The third-order valence-electron chi connectivity index (χ3n) is 3.72. The molecule has 0 bridgehead atoms. The highest BCUT2D eigenvalue weighted by Gasteiger charge is 2.18. The molecule has 0 spiro atoms. The minimum atomic E-state index is -0.492. The zero-order chi connectivity index (χ0) is 21.8. The topological polar surface area (TPSA) is 44.8 Å². The van der Waals surface area contributed by atoms with Crippen LogP contribution in [-0.4, -0.2) is 19.7 Å². The Hall–Kier alpha value is -2.43. The smallest absolute Gasteiger partial charge is 0.341 e. The first-order chi connectivity index (χ1) is 13.9. The van der Waals surface area contributed by atoms with Crippen molar-refractivity contribution in [2.24, 2.45) is 0 Å². The maximum atomic E-state index is 12.1. The molecular formula is C23H26Cl2O4. The van der Waals surface area contributed by atoms with Crippen LogP contribution in [0.2, 0.25) is 10.0 Å². The summed E-state index contributed by atoms with van der Waals surface area (Å²) in [5, 5.41) is 1.06. The van der Waals surface area contributed by atoms with E-state index in [4.69, 9.17) is 37.4 Å². The lowest BCUT2D eigenvalue weighted by atomic mass is 10.2. The molecular weight excluding hydrogens is 411 g/mol. The van der Waals surface area contributed by atoms with Gasteiger partial charge >= 0.3 is 5.97 Å². The molecule has 0 N–H and O–H groups in total. The van der Waals surface area contributed by atoms with Crippen molar-refractivity contribution in [2.45, 2.75) is 27.4 Å². The fraction of sp³-hybridized carbons (Fsp3) is 0.261. The molecule has 4 nitrogen and oxygen atoms in total. The molecule has 2 aromatic rings. The summed E-state index contributed by atoms with van der Waals surface area (Å²) in [5.74, 6) is 0.279. The van der Waals surface area contributed by atoms with E-state index in [0.717, 1.165) is 11.1 Å². The third kappa shape index (κ3) is 7.84. The number of benzene rings is 2. The van der Waals surface area contributed by atoms with E-state index >= 15 is 0 Å². The van der Waals surface area contributed by atoms with Crippen molar-refractivity contribution in [3.05, 3.63) is 81.9 Å². The van der Waals surface area contributed by atoms with E-state index in [1.54, 1.807) is 42.5 Å². The van der Waals surface area contributed by atoms with Crippen LogP contribution in [0, 0.1) is 0 Å². The Morgan fingerprint density at radius 2 is 1.83 bits per heavy atom. The summed E-state index contributed by atoms with van der Waals surface area (Å²) < 4.78 is 16.5. The average Bonchev–Trinajstić information content (AvgIpc) is 2.71. The Morgan fingerprint density at radius 3 is 2.41 bits per heavy atom. The zero-order valence-electron chi connectivity index (χ0n) is 17.1. The summed E-state index contributed by atoms with van der Waals surface area (Å²) >= 11 is 12.1. The van der Waals surface area contributed by atoms with Gasteiger partial charge in [-0.05, 0) is 50.6 Å². The van der Waals surface area contributed by atoms with Crippen molar-refractivity contribution in [1.29, 1.82) is 0 Å². The first-order valence-corrected chi connectivity index (χ1v) is 9.73. The molecule has 0 saturated carbocycles. The van der Waals surface area contributed by atoms with Crippen LogP contribution in [0.5, 0.6) is 11.5 Å². The molecule has 0 aliphatic carbocycles. The molecule has 0 atom stereocenters. The van der Waals surface area contributed by atoms with Gasteiger partial charge in [0.05, 0.1) is 7.11 Å². The lowest BCUT2D eigenvalue weighted by Gasteiger charge is -2.16. The van der Waals surface area contributed by atoms with Crippen LogP contribution in [0.25, 0.3) is 0 Å². The predicted octanol–water partition coefficient (Wildman–Crippen LogP) is 6.90. The van der Waals surface area contributed by atoms with E-state index in [1.165, 1.54) is 7.11 Å². The second-order valence-corrected chi connectivity index (χ2v) is 6.82. The minimum absolute atomic E-state index is 0.208. The Bertz CT molecular complexity index is 860. The Kier molecular flexibility index (Phi) is 11.0. The van der Waals surface area contributed by atoms with Gasteiger partial charge in [0, 0.05) is 15.6 Å². The molecule has 0 heterocycles. The van der Waals surface area contributed by atoms with Crippen LogP contribution < -0.4 is 9.47 Å². The number of rotatable bonds is 7. The highest BCUT2D eigenvalue weighted by Crippen LogP contribution is 2.33. The Morgan fingerprint density at radius 1 is 1.14 bits per heavy atom. The minimum Gasteiger partial charge on any atom is -0.485 e. The standard InChI is InChI=1S/C20H20Cl2O4.C3H6/c1-4-13(2)11-26-19-16(20(23)24-3)6-5-7-18(19)25-12-14-8-9-15(21)10-17(14)22;1-3-2/h4-10H,11-12H2,1-3H3;3H,1H2,2H3/b13-4+;. The number of allylic oxidation sites excluding steroid dienone is 2. The highest BCUT2D eigenvalue weighted by atomic mass is 35.5. The molecule has 0 aliphatic heterocycles. The first kappa shape index (κ1) is 24.6. The summed E-state index contributed by atoms with van der Waals surface area (Å²) in [4.78, 5) is 12.1. The molecule has 29 heavy (non-hydrogen) atoms. The quantitative estimate of drug-likeness (QED) is 0.349. The predicted molar refractivity (Wildman–Crippen MR) is 119 cm³/mol. The SMILES string of the molecule is C/C=C(\C)COc1c(OCc2ccc(Cl)cc2Cl)cccc1C(=O)OC.C=CC. The van der Waals surface area contributed by atoms with Gasteiger partial charge in [0.1, 0.15) is 18.8 Å². The first-order valence-electron chi connectivity index (χ1n) is 8.97. The summed E-state index contributed by atoms with van der Waals surface area (Å²) in [5.41, 5.74) is 2.10. The lowest BCUT2D eigenvalue weighted by molar-refractivity contribution is 0.0595. The normalized spacial score (nSPS) is 10.5. The Labute approximate surface area is 182 Å². The van der Waals surface area contributed by atoms with E-state index in [-0.39, 0.29) is 6.61 Å². The van der Waals surface area contributed by atoms with Gasteiger partial charge in [0.2, 0.25) is 0 Å². The zero-order valence-corrected chi connectivity index (χ0v) is 18.6. The number of hydrogen-bond donors (Lipinski definition) is 0. The second kappa shape index (κ2) is 12.9. The van der Waals surface area contributed by atoms with Crippen molar-refractivity contribution in [2.75, 3.05) is 13.7 Å². The highest BCUT2D eigenvalue weighted by molar-refractivity contribution is 6.35. The number of halogens is 2. The number of carbonyl (C=O) groups excluding carboxylic acids is 1. The molecule has 0 radical (unpaired) electrons. The molecule has 0 aromatic heterocycles. The van der Waals surface area contributed by atoms with Crippen molar-refractivity contribution < 1.29 is 19.0 Å². The molecule has 6 heteroatoms. The van der Waals surface area contributed by atoms with Gasteiger partial charge in [-0.25, -0.2) is 4.79 Å². The number of esters is 1. The van der Waals surface area contributed by atoms with Crippen LogP contribution in [0.1, 0.15) is 36.7 Å². The van der Waals surface area contributed by atoms with Crippen molar-refractivity contribution >= 4 is 29.2 Å². The number of hydrogen-bond acceptors (Lipinski definition) is 4. The molecule has 2 rings (SSSR count). The van der Waals surface area contributed by atoms with Gasteiger partial charge in [-0.3, -0.25) is 0 Å². The van der Waals surface area contributed by atoms with Gasteiger partial charge < -0.3 is 14.2 Å². The maximum absolute atomic E-state index is 12.1. The number of methoxy groups -OCH3 is 1. The molecule has 2 aromatic carbocycles. The van der Waals surface area contributed by atoms with Crippen LogP contribution in [0.4, 0.5) is 0 Å². The fourth-order valence-electron chi connectivity index (χ4n) is 2.11. The fourth-order valence-corrected chi connectivity index (χ4v) is 2.58. The molecule has 0 unspecified atom stereocenters. The van der Waals surface area contributed by atoms with Gasteiger partial charge in [0.15, 0.2) is 11.5 Å². The molecule has 0 aliphatic rings. The van der Waals surface area contributed by atoms with E-state index in [9.17, 15) is 4.79 Å². The summed E-state index contributed by atoms with van der Waals surface area (Å²) in [7, 11) is 1.32. The average molecular weight is 437 g/mol. The van der Waals surface area contributed by atoms with E-state index in [0.29, 0.717) is 33.7 Å². The monoisotopic (exact) mass is 436 g/mol. The van der Waals surface area contributed by atoms with Crippen molar-refractivity contribution in [3.8, 4) is 11.5 Å². The number of carbonyl (C=O) groups is 1. The largest absolute Gasteiger partial charge is 0.485 e. The summed E-state index contributed by atoms with van der Waals surface area (Å²) in [6.07, 6.45) is 3.69. The van der Waals surface area contributed by atoms with Crippen molar-refractivity contribution in [3.63, 3.8) is 0 Å². The number of para-hydroxylation sites is 1. The molecule has 0 amide bonds. The van der Waals surface area contributed by atoms with E-state index in [2.05, 4.69) is 6.58 Å². The van der Waals surface area contributed by atoms with Gasteiger partial charge in [-0.1, -0.05) is 47.5 Å². The molecule has 0 fully saturated rings. The van der Waals surface area contributed by atoms with Crippen molar-refractivity contribution in [1.82, 2.24) is 0 Å². The van der Waals surface area contributed by atoms with Crippen LogP contribution in [0.15, 0.2) is 60.7 Å². The van der Waals surface area contributed by atoms with Gasteiger partial charge in [-0.2, -0.15) is 0 Å². The summed E-state index contributed by atoms with van der Waals surface area (Å²) in [6, 6.07) is 10.3. The third-order valence-corrected chi connectivity index (χ3v) is 4.31. The summed E-state index contributed by atoms with van der Waals surface area (Å²) in [6.45, 7) is 9.65. The van der Waals surface area contributed by atoms with Crippen LogP contribution in [0.3, 0.4) is 0 Å². The lowest BCUT2D eigenvalue weighted by Crippen LogP contribution is -2.09. The maximum Gasteiger partial charge on any atom is 0.341 e. The van der Waals surface area contributed by atoms with Crippen LogP contribution >= 0.6 is 23.2 Å². The second-order valence-electron chi connectivity index (χ2n) is 5.98. The van der Waals surface area contributed by atoms with Crippen LogP contribution in [-0.2, 0) is 11.3 Å². The van der Waals surface area contributed by atoms with Gasteiger partial charge in [0.25, 0.3) is 0 Å². The molecule has 156 valence electrons. The number of ether oxygens (including phenoxy) is 3. The Balaban J connectivity index is 0.00000132. The van der Waals surface area contributed by atoms with Gasteiger partial charge in [-0.15, -0.1) is 6.58 Å².